The number of H-pyrrole nitrogens is 1. The second kappa shape index (κ2) is 6.00. The highest BCUT2D eigenvalue weighted by atomic mass is 79.9. The molecule has 1 unspecified atom stereocenters. The summed E-state index contributed by atoms with van der Waals surface area (Å²) in [6, 6.07) is 1.03. The van der Waals surface area contributed by atoms with E-state index in [1.54, 1.807) is 0 Å². The first-order chi connectivity index (χ1) is 9.45. The van der Waals surface area contributed by atoms with Crippen LogP contribution < -0.4 is 11.2 Å². The first kappa shape index (κ1) is 15.1. The molecule has 1 aromatic heterocycles. The lowest BCUT2D eigenvalue weighted by molar-refractivity contribution is -0.0700. The summed E-state index contributed by atoms with van der Waals surface area (Å²) in [5.74, 6) is 0. The molecular formula is C11H12BrFN2O5. The van der Waals surface area contributed by atoms with Crippen LogP contribution in [-0.4, -0.2) is 44.2 Å². The first-order valence-electron chi connectivity index (χ1n) is 5.69. The van der Waals surface area contributed by atoms with Crippen molar-refractivity contribution in [3.8, 4) is 0 Å². The fourth-order valence-electron chi connectivity index (χ4n) is 1.98. The highest BCUT2D eigenvalue weighted by Crippen LogP contribution is 2.32. The molecule has 7 nitrogen and oxygen atoms in total. The van der Waals surface area contributed by atoms with Gasteiger partial charge in [-0.15, -0.1) is 0 Å². The third kappa shape index (κ3) is 2.75. The number of halogens is 2. The maximum Gasteiger partial charge on any atom is 0.330 e. The van der Waals surface area contributed by atoms with E-state index >= 15 is 0 Å². The zero-order chi connectivity index (χ0) is 14.9. The molecule has 0 aliphatic carbocycles. The highest BCUT2D eigenvalue weighted by Gasteiger charge is 2.47. The van der Waals surface area contributed by atoms with Crippen molar-refractivity contribution in [2.24, 2.45) is 0 Å². The fraction of sp³-hybridized carbons (Fsp3) is 0.455. The summed E-state index contributed by atoms with van der Waals surface area (Å²) in [6.07, 6.45) is -5.07. The summed E-state index contributed by atoms with van der Waals surface area (Å²) in [5, 5.41) is 19.4. The van der Waals surface area contributed by atoms with Crippen molar-refractivity contribution in [3.05, 3.63) is 44.2 Å². The Bertz CT molecular complexity index is 615. The van der Waals surface area contributed by atoms with Crippen molar-refractivity contribution in [2.45, 2.75) is 30.7 Å². The molecule has 0 aromatic carbocycles. The molecule has 0 saturated carbocycles. The molecule has 1 aliphatic rings. The largest absolute Gasteiger partial charge is 0.387 e. The van der Waals surface area contributed by atoms with Crippen LogP contribution in [0.15, 0.2) is 32.9 Å². The molecule has 110 valence electrons. The lowest BCUT2D eigenvalue weighted by atomic mass is 10.1. The molecule has 20 heavy (non-hydrogen) atoms. The molecular weight excluding hydrogens is 339 g/mol. The van der Waals surface area contributed by atoms with E-state index in [4.69, 9.17) is 4.74 Å². The maximum absolute atomic E-state index is 14.0. The molecule has 0 amide bonds. The van der Waals surface area contributed by atoms with E-state index in [-0.39, 0.29) is 0 Å². The Hall–Kier alpha value is -1.29. The van der Waals surface area contributed by atoms with E-state index in [0.717, 1.165) is 16.8 Å². The topological polar surface area (TPSA) is 105 Å². The lowest BCUT2D eigenvalue weighted by Gasteiger charge is -2.18. The van der Waals surface area contributed by atoms with Crippen LogP contribution in [0.5, 0.6) is 0 Å². The van der Waals surface area contributed by atoms with E-state index in [9.17, 15) is 24.2 Å². The van der Waals surface area contributed by atoms with Gasteiger partial charge in [-0.3, -0.25) is 14.3 Å². The van der Waals surface area contributed by atoms with E-state index in [1.807, 2.05) is 4.98 Å². The van der Waals surface area contributed by atoms with Gasteiger partial charge in [0.05, 0.1) is 0 Å². The number of aliphatic hydroxyl groups excluding tert-OH is 2. The molecule has 5 atom stereocenters. The predicted octanol–water partition coefficient (Wildman–Crippen LogP) is -0.598. The van der Waals surface area contributed by atoms with Gasteiger partial charge in [0.15, 0.2) is 12.4 Å². The fourth-order valence-corrected chi connectivity index (χ4v) is 2.29. The number of ether oxygens (including phenoxy) is 1. The third-order valence-electron chi connectivity index (χ3n) is 2.96. The molecule has 2 heterocycles. The van der Waals surface area contributed by atoms with Crippen LogP contribution in [0.2, 0.25) is 0 Å². The molecule has 2 rings (SSSR count). The predicted molar refractivity (Wildman–Crippen MR) is 70.2 cm³/mol. The number of hydrogen-bond donors (Lipinski definition) is 3. The van der Waals surface area contributed by atoms with E-state index in [1.165, 1.54) is 11.1 Å². The molecule has 0 radical (unpaired) electrons. The molecule has 9 heteroatoms. The number of nitrogens with one attached hydrogen (secondary N) is 1. The Labute approximate surface area is 120 Å². The maximum atomic E-state index is 14.0. The van der Waals surface area contributed by atoms with Crippen molar-refractivity contribution < 1.29 is 19.3 Å². The van der Waals surface area contributed by atoms with Gasteiger partial charge in [-0.1, -0.05) is 15.9 Å². The minimum Gasteiger partial charge on any atom is -0.387 e. The monoisotopic (exact) mass is 350 g/mol. The minimum absolute atomic E-state index is 0.626. The van der Waals surface area contributed by atoms with Crippen molar-refractivity contribution in [3.63, 3.8) is 0 Å². The van der Waals surface area contributed by atoms with E-state index < -0.39 is 42.0 Å². The average Bonchev–Trinajstić information content (AvgIpc) is 2.67. The van der Waals surface area contributed by atoms with E-state index in [2.05, 4.69) is 15.9 Å². The van der Waals surface area contributed by atoms with Crippen LogP contribution >= 0.6 is 15.9 Å². The van der Waals surface area contributed by atoms with Crippen LogP contribution in [0, 0.1) is 0 Å². The smallest absolute Gasteiger partial charge is 0.330 e. The third-order valence-corrected chi connectivity index (χ3v) is 3.27. The average molecular weight is 351 g/mol. The van der Waals surface area contributed by atoms with Crippen LogP contribution in [0.25, 0.3) is 0 Å². The molecule has 0 spiro atoms. The normalized spacial score (nSPS) is 31.8. The summed E-state index contributed by atoms with van der Waals surface area (Å²) in [6.45, 7) is 0. The molecule has 1 fully saturated rings. The number of hydrogen-bond acceptors (Lipinski definition) is 5. The standard InChI is InChI=1S/C11H12BrFN2O5/c12-3-1-5(16)9-8(18)7(13)10(20-9)15-4-2-6(17)14-11(15)19/h1-5,7-10,16,18H,(H,14,17,19)/b3-1+/t5?,7-,8-,9+,10+/m1/s1. The Balaban J connectivity index is 2.30. The molecule has 1 aromatic rings. The van der Waals surface area contributed by atoms with Crippen molar-refractivity contribution >= 4 is 15.9 Å². The quantitative estimate of drug-likeness (QED) is 0.675. The van der Waals surface area contributed by atoms with Gasteiger partial charge in [0, 0.05) is 12.3 Å². The van der Waals surface area contributed by atoms with Gasteiger partial charge in [-0.25, -0.2) is 9.18 Å². The zero-order valence-corrected chi connectivity index (χ0v) is 11.6. The molecule has 3 N–H and O–H groups in total. The van der Waals surface area contributed by atoms with Crippen LogP contribution in [0.3, 0.4) is 0 Å². The Morgan fingerprint density at radius 1 is 1.55 bits per heavy atom. The number of rotatable bonds is 3. The van der Waals surface area contributed by atoms with Gasteiger partial charge >= 0.3 is 5.69 Å². The summed E-state index contributed by atoms with van der Waals surface area (Å²) < 4.78 is 20.0. The molecule has 0 bridgehead atoms. The summed E-state index contributed by atoms with van der Waals surface area (Å²) in [4.78, 5) is 25.8. The van der Waals surface area contributed by atoms with E-state index in [0.29, 0.717) is 0 Å². The number of aromatic amines is 1. The number of alkyl halides is 1. The van der Waals surface area contributed by atoms with Gasteiger partial charge in [0.25, 0.3) is 5.56 Å². The molecule has 1 aliphatic heterocycles. The Morgan fingerprint density at radius 3 is 2.85 bits per heavy atom. The minimum atomic E-state index is -1.91. The number of aromatic nitrogens is 2. The van der Waals surface area contributed by atoms with Crippen LogP contribution in [-0.2, 0) is 4.74 Å². The van der Waals surface area contributed by atoms with Crippen molar-refractivity contribution in [1.29, 1.82) is 0 Å². The zero-order valence-electron chi connectivity index (χ0n) is 10.0. The van der Waals surface area contributed by atoms with Crippen molar-refractivity contribution in [2.75, 3.05) is 0 Å². The summed E-state index contributed by atoms with van der Waals surface area (Å²) in [7, 11) is 0. The van der Waals surface area contributed by atoms with Crippen molar-refractivity contribution in [1.82, 2.24) is 9.55 Å². The van der Waals surface area contributed by atoms with Crippen LogP contribution in [0.1, 0.15) is 6.23 Å². The Kier molecular flexibility index (Phi) is 4.53. The highest BCUT2D eigenvalue weighted by molar-refractivity contribution is 9.11. The summed E-state index contributed by atoms with van der Waals surface area (Å²) in [5.41, 5.74) is -1.48. The second-order valence-corrected chi connectivity index (χ2v) is 4.78. The van der Waals surface area contributed by atoms with Gasteiger partial charge in [0.2, 0.25) is 0 Å². The molecule has 1 saturated heterocycles. The number of aliphatic hydroxyl groups is 2. The van der Waals surface area contributed by atoms with Gasteiger partial charge in [-0.2, -0.15) is 0 Å². The van der Waals surface area contributed by atoms with Crippen LogP contribution in [0.4, 0.5) is 4.39 Å². The second-order valence-electron chi connectivity index (χ2n) is 4.25. The number of nitrogens with zero attached hydrogens (tertiary/aromatic N) is 1. The van der Waals surface area contributed by atoms with Gasteiger partial charge in [0.1, 0.15) is 18.3 Å². The van der Waals surface area contributed by atoms with Gasteiger partial charge < -0.3 is 14.9 Å². The lowest BCUT2D eigenvalue weighted by Crippen LogP contribution is -2.36. The van der Waals surface area contributed by atoms with Gasteiger partial charge in [-0.05, 0) is 11.1 Å². The SMILES string of the molecule is O=c1ccn([C@H]2O[C@@H](C(O)/C=C/Br)[C@H](O)[C@H]2F)c(=O)[nH]1. The summed E-state index contributed by atoms with van der Waals surface area (Å²) >= 11 is 2.95. The first-order valence-corrected chi connectivity index (χ1v) is 6.61. The Morgan fingerprint density at radius 2 is 2.25 bits per heavy atom.